The molecular formula is C17H26N2OS. The number of carbonyl (C=O) groups excluding carboxylic acids is 1. The highest BCUT2D eigenvalue weighted by Crippen LogP contribution is 2.49. The van der Waals surface area contributed by atoms with Gasteiger partial charge in [-0.15, -0.1) is 0 Å². The molecule has 1 aliphatic rings. The summed E-state index contributed by atoms with van der Waals surface area (Å²) in [5, 5.41) is 3.03. The molecule has 116 valence electrons. The number of nitrogens with zero attached hydrogens (tertiary/aromatic N) is 1. The first kappa shape index (κ1) is 16.4. The number of hydrogen-bond acceptors (Lipinski definition) is 3. The molecule has 21 heavy (non-hydrogen) atoms. The summed E-state index contributed by atoms with van der Waals surface area (Å²) in [5.41, 5.74) is 1.55. The van der Waals surface area contributed by atoms with Gasteiger partial charge in [-0.05, 0) is 49.6 Å². The molecule has 0 heterocycles. The highest BCUT2D eigenvalue weighted by Gasteiger charge is 2.42. The third kappa shape index (κ3) is 5.71. The summed E-state index contributed by atoms with van der Waals surface area (Å²) >= 11 is 4.34. The highest BCUT2D eigenvalue weighted by atomic mass is 32.1. The first-order chi connectivity index (χ1) is 10.1. The van der Waals surface area contributed by atoms with Crippen LogP contribution in [-0.4, -0.2) is 36.7 Å². The van der Waals surface area contributed by atoms with E-state index in [4.69, 9.17) is 0 Å². The van der Waals surface area contributed by atoms with Crippen LogP contribution in [0.2, 0.25) is 0 Å². The van der Waals surface area contributed by atoms with Crippen molar-refractivity contribution >= 4 is 18.5 Å². The molecular weight excluding hydrogens is 280 g/mol. The number of nitrogens with one attached hydrogen (secondary N) is 1. The second kappa shape index (κ2) is 7.85. The predicted octanol–water partition coefficient (Wildman–Crippen LogP) is 2.72. The van der Waals surface area contributed by atoms with Gasteiger partial charge >= 0.3 is 0 Å². The normalized spacial score (nSPS) is 16.0. The van der Waals surface area contributed by atoms with Crippen molar-refractivity contribution in [3.63, 3.8) is 0 Å². The van der Waals surface area contributed by atoms with Crippen molar-refractivity contribution < 1.29 is 4.79 Å². The van der Waals surface area contributed by atoms with Gasteiger partial charge in [-0.1, -0.05) is 30.3 Å². The van der Waals surface area contributed by atoms with Crippen LogP contribution in [0.25, 0.3) is 0 Å². The molecule has 4 heteroatoms. The van der Waals surface area contributed by atoms with Crippen molar-refractivity contribution in [1.82, 2.24) is 10.2 Å². The molecule has 1 aromatic rings. The fourth-order valence-corrected chi connectivity index (χ4v) is 2.95. The Hall–Kier alpha value is -1.00. The summed E-state index contributed by atoms with van der Waals surface area (Å²) in [6.07, 6.45) is 3.95. The van der Waals surface area contributed by atoms with Crippen LogP contribution in [0.3, 0.4) is 0 Å². The first-order valence-electron chi connectivity index (χ1n) is 7.74. The zero-order valence-electron chi connectivity index (χ0n) is 12.8. The van der Waals surface area contributed by atoms with E-state index in [1.807, 2.05) is 6.07 Å². The van der Waals surface area contributed by atoms with Crippen molar-refractivity contribution in [3.8, 4) is 0 Å². The lowest BCUT2D eigenvalue weighted by molar-refractivity contribution is -0.122. The SMILES string of the molecule is CN(CCCNC(=O)CC1(CS)CC1)Cc1ccccc1. The molecule has 0 saturated heterocycles. The lowest BCUT2D eigenvalue weighted by Gasteiger charge is -2.17. The van der Waals surface area contributed by atoms with Gasteiger partial charge in [0.05, 0.1) is 0 Å². The molecule has 1 N–H and O–H groups in total. The van der Waals surface area contributed by atoms with Gasteiger partial charge < -0.3 is 10.2 Å². The number of benzene rings is 1. The van der Waals surface area contributed by atoms with E-state index in [1.165, 1.54) is 5.56 Å². The van der Waals surface area contributed by atoms with Crippen LogP contribution in [0.5, 0.6) is 0 Å². The Bertz CT molecular complexity index is 445. The smallest absolute Gasteiger partial charge is 0.220 e. The van der Waals surface area contributed by atoms with E-state index in [0.717, 1.165) is 44.6 Å². The standard InChI is InChI=1S/C17H26N2OS/c1-19(13-15-6-3-2-4-7-15)11-5-10-18-16(20)12-17(14-21)8-9-17/h2-4,6-7,21H,5,8-14H2,1H3,(H,18,20). The van der Waals surface area contributed by atoms with Gasteiger partial charge in [-0.2, -0.15) is 12.6 Å². The van der Waals surface area contributed by atoms with Gasteiger partial charge in [0, 0.05) is 19.5 Å². The topological polar surface area (TPSA) is 32.3 Å². The molecule has 0 aliphatic heterocycles. The zero-order chi connectivity index (χ0) is 15.1. The molecule has 0 spiro atoms. The van der Waals surface area contributed by atoms with Crippen molar-refractivity contribution in [3.05, 3.63) is 35.9 Å². The summed E-state index contributed by atoms with van der Waals surface area (Å²) in [7, 11) is 2.12. The molecule has 3 nitrogen and oxygen atoms in total. The highest BCUT2D eigenvalue weighted by molar-refractivity contribution is 7.80. The third-order valence-electron chi connectivity index (χ3n) is 4.16. The van der Waals surface area contributed by atoms with E-state index in [9.17, 15) is 4.79 Å². The Morgan fingerprint density at radius 3 is 2.67 bits per heavy atom. The average Bonchev–Trinajstić information content (AvgIpc) is 3.25. The van der Waals surface area contributed by atoms with Gasteiger partial charge in [0.15, 0.2) is 0 Å². The average molecular weight is 306 g/mol. The van der Waals surface area contributed by atoms with E-state index < -0.39 is 0 Å². The van der Waals surface area contributed by atoms with Crippen LogP contribution in [0.15, 0.2) is 30.3 Å². The van der Waals surface area contributed by atoms with Gasteiger partial charge in [0.25, 0.3) is 0 Å². The number of thiol groups is 1. The monoisotopic (exact) mass is 306 g/mol. The minimum atomic E-state index is 0.187. The fraction of sp³-hybridized carbons (Fsp3) is 0.588. The summed E-state index contributed by atoms with van der Waals surface area (Å²) < 4.78 is 0. The second-order valence-electron chi connectivity index (χ2n) is 6.26. The second-order valence-corrected chi connectivity index (χ2v) is 6.58. The third-order valence-corrected chi connectivity index (χ3v) is 4.83. The van der Waals surface area contributed by atoms with E-state index in [2.05, 4.69) is 54.2 Å². The summed E-state index contributed by atoms with van der Waals surface area (Å²) in [4.78, 5) is 14.1. The maximum Gasteiger partial charge on any atom is 0.220 e. The van der Waals surface area contributed by atoms with E-state index in [-0.39, 0.29) is 11.3 Å². The number of amides is 1. The van der Waals surface area contributed by atoms with Crippen molar-refractivity contribution in [2.45, 2.75) is 32.2 Å². The molecule has 1 fully saturated rings. The molecule has 0 bridgehead atoms. The molecule has 1 saturated carbocycles. The van der Waals surface area contributed by atoms with Crippen LogP contribution in [0.4, 0.5) is 0 Å². The number of rotatable bonds is 9. The van der Waals surface area contributed by atoms with Crippen molar-refractivity contribution in [2.24, 2.45) is 5.41 Å². The van der Waals surface area contributed by atoms with E-state index in [0.29, 0.717) is 6.42 Å². The van der Waals surface area contributed by atoms with Gasteiger partial charge in [0.1, 0.15) is 0 Å². The Balaban J connectivity index is 1.56. The molecule has 0 aromatic heterocycles. The first-order valence-corrected chi connectivity index (χ1v) is 8.37. The Morgan fingerprint density at radius 1 is 1.33 bits per heavy atom. The minimum Gasteiger partial charge on any atom is -0.356 e. The van der Waals surface area contributed by atoms with Crippen LogP contribution >= 0.6 is 12.6 Å². The molecule has 0 atom stereocenters. The molecule has 0 unspecified atom stereocenters. The lowest BCUT2D eigenvalue weighted by atomic mass is 10.1. The van der Waals surface area contributed by atoms with E-state index in [1.54, 1.807) is 0 Å². The quantitative estimate of drug-likeness (QED) is 0.543. The van der Waals surface area contributed by atoms with Gasteiger partial charge in [0.2, 0.25) is 5.91 Å². The maximum atomic E-state index is 11.8. The Kier molecular flexibility index (Phi) is 6.12. The number of hydrogen-bond donors (Lipinski definition) is 2. The molecule has 2 rings (SSSR count). The maximum absolute atomic E-state index is 11.8. The molecule has 0 radical (unpaired) electrons. The Labute approximate surface area is 133 Å². The lowest BCUT2D eigenvalue weighted by Crippen LogP contribution is -2.30. The summed E-state index contributed by atoms with van der Waals surface area (Å²) in [5.74, 6) is 1.02. The molecule has 1 aromatic carbocycles. The Morgan fingerprint density at radius 2 is 2.05 bits per heavy atom. The fourth-order valence-electron chi connectivity index (χ4n) is 2.52. The molecule has 1 amide bonds. The van der Waals surface area contributed by atoms with E-state index >= 15 is 0 Å². The minimum absolute atomic E-state index is 0.187. The van der Waals surface area contributed by atoms with Crippen LogP contribution < -0.4 is 5.32 Å². The molecule has 1 aliphatic carbocycles. The van der Waals surface area contributed by atoms with Crippen molar-refractivity contribution in [1.29, 1.82) is 0 Å². The van der Waals surface area contributed by atoms with Gasteiger partial charge in [-0.3, -0.25) is 4.79 Å². The van der Waals surface area contributed by atoms with Crippen molar-refractivity contribution in [2.75, 3.05) is 25.9 Å². The van der Waals surface area contributed by atoms with Crippen LogP contribution in [0, 0.1) is 5.41 Å². The van der Waals surface area contributed by atoms with Crippen LogP contribution in [0.1, 0.15) is 31.2 Å². The van der Waals surface area contributed by atoms with Gasteiger partial charge in [-0.25, -0.2) is 0 Å². The van der Waals surface area contributed by atoms with Crippen LogP contribution in [-0.2, 0) is 11.3 Å². The summed E-state index contributed by atoms with van der Waals surface area (Å²) in [6, 6.07) is 10.5. The zero-order valence-corrected chi connectivity index (χ0v) is 13.7. The summed E-state index contributed by atoms with van der Waals surface area (Å²) in [6.45, 7) is 2.71. The predicted molar refractivity (Wildman–Crippen MR) is 90.5 cm³/mol. The number of carbonyl (C=O) groups is 1. The largest absolute Gasteiger partial charge is 0.356 e.